The van der Waals surface area contributed by atoms with Crippen LogP contribution >= 0.6 is 0 Å². The molecule has 2 saturated heterocycles. The molecule has 2 fully saturated rings. The first-order valence-electron chi connectivity index (χ1n) is 9.63. The van der Waals surface area contributed by atoms with E-state index < -0.39 is 0 Å². The summed E-state index contributed by atoms with van der Waals surface area (Å²) in [5.74, 6) is 0. The Hall–Kier alpha value is -0.120. The maximum atomic E-state index is 6.45. The van der Waals surface area contributed by atoms with Gasteiger partial charge in [0.15, 0.2) is 0 Å². The van der Waals surface area contributed by atoms with Crippen molar-refractivity contribution in [2.45, 2.75) is 104 Å². The average Bonchev–Trinajstić information content (AvgIpc) is 2.39. The zero-order chi connectivity index (χ0) is 17.1. The van der Waals surface area contributed by atoms with Crippen LogP contribution in [0.1, 0.15) is 80.1 Å². The second-order valence-corrected chi connectivity index (χ2v) is 9.91. The van der Waals surface area contributed by atoms with Gasteiger partial charge in [-0.1, -0.05) is 34.6 Å². The van der Waals surface area contributed by atoms with Crippen molar-refractivity contribution in [3.05, 3.63) is 0 Å². The summed E-state index contributed by atoms with van der Waals surface area (Å²) >= 11 is 0. The monoisotopic (exact) mass is 325 g/mol. The predicted octanol–water partition coefficient (Wildman–Crippen LogP) is 4.54. The number of rotatable bonds is 5. The number of hydrogen-bond acceptors (Lipinski definition) is 3. The minimum Gasteiger partial charge on any atom is -0.375 e. The molecule has 0 aromatic rings. The van der Waals surface area contributed by atoms with Crippen LogP contribution in [0.4, 0.5) is 0 Å². The summed E-state index contributed by atoms with van der Waals surface area (Å²) in [6, 6.07) is 0.495. The lowest BCUT2D eigenvalue weighted by Gasteiger charge is -2.39. The van der Waals surface area contributed by atoms with E-state index in [1.807, 2.05) is 0 Å². The molecule has 3 nitrogen and oxygen atoms in total. The second kappa shape index (κ2) is 7.84. The fourth-order valence-electron chi connectivity index (χ4n) is 4.14. The lowest BCUT2D eigenvalue weighted by molar-refractivity contribution is -0.0879. The van der Waals surface area contributed by atoms with Gasteiger partial charge in [-0.2, -0.15) is 0 Å². The van der Waals surface area contributed by atoms with Gasteiger partial charge in [0.25, 0.3) is 0 Å². The first kappa shape index (κ1) is 19.2. The highest BCUT2D eigenvalue weighted by atomic mass is 16.5. The van der Waals surface area contributed by atoms with Crippen LogP contribution in [-0.2, 0) is 9.47 Å². The Morgan fingerprint density at radius 1 is 0.913 bits per heavy atom. The minimum atomic E-state index is 0.279. The molecule has 0 aliphatic carbocycles. The summed E-state index contributed by atoms with van der Waals surface area (Å²) in [6.07, 6.45) is 8.49. The molecule has 0 radical (unpaired) electrons. The molecular weight excluding hydrogens is 286 g/mol. The molecule has 1 N–H and O–H groups in total. The fourth-order valence-corrected chi connectivity index (χ4v) is 4.14. The van der Waals surface area contributed by atoms with Gasteiger partial charge in [-0.25, -0.2) is 0 Å². The van der Waals surface area contributed by atoms with Gasteiger partial charge >= 0.3 is 0 Å². The van der Waals surface area contributed by atoms with Gasteiger partial charge in [-0.15, -0.1) is 0 Å². The lowest BCUT2D eigenvalue weighted by atomic mass is 9.79. The molecule has 2 aliphatic heterocycles. The molecule has 136 valence electrons. The molecule has 0 amide bonds. The SMILES string of the molecule is CC1COC(CC(C)(C)CC2CCCC(CC(C)(C)C)O2)CN1. The van der Waals surface area contributed by atoms with E-state index in [-0.39, 0.29) is 5.41 Å². The molecule has 4 atom stereocenters. The smallest absolute Gasteiger partial charge is 0.0705 e. The largest absolute Gasteiger partial charge is 0.375 e. The predicted molar refractivity (Wildman–Crippen MR) is 96.8 cm³/mol. The zero-order valence-corrected chi connectivity index (χ0v) is 16.3. The van der Waals surface area contributed by atoms with Crippen LogP contribution in [0, 0.1) is 10.8 Å². The molecule has 0 bridgehead atoms. The topological polar surface area (TPSA) is 30.5 Å². The van der Waals surface area contributed by atoms with Crippen LogP contribution in [0.2, 0.25) is 0 Å². The van der Waals surface area contributed by atoms with Gasteiger partial charge in [0.2, 0.25) is 0 Å². The van der Waals surface area contributed by atoms with Crippen molar-refractivity contribution in [2.24, 2.45) is 10.8 Å². The zero-order valence-electron chi connectivity index (χ0n) is 16.3. The summed E-state index contributed by atoms with van der Waals surface area (Å²) in [5.41, 5.74) is 0.640. The van der Waals surface area contributed by atoms with Crippen LogP contribution in [0.15, 0.2) is 0 Å². The van der Waals surface area contributed by atoms with Crippen molar-refractivity contribution in [1.29, 1.82) is 0 Å². The molecule has 23 heavy (non-hydrogen) atoms. The Labute approximate surface area is 143 Å². The quantitative estimate of drug-likeness (QED) is 0.805. The third-order valence-electron chi connectivity index (χ3n) is 5.11. The Bertz CT molecular complexity index is 353. The summed E-state index contributed by atoms with van der Waals surface area (Å²) in [7, 11) is 0. The third kappa shape index (κ3) is 7.11. The standard InChI is InChI=1S/C20H39NO2/c1-15-14-22-18(13-21-15)12-20(5,6)11-17-9-7-8-16(23-17)10-19(2,3)4/h15-18,21H,7-14H2,1-6H3. The molecular formula is C20H39NO2. The minimum absolute atomic E-state index is 0.279. The number of ether oxygens (including phenoxy) is 2. The molecule has 0 saturated carbocycles. The Kier molecular flexibility index (Phi) is 6.55. The normalized spacial score (nSPS) is 33.7. The van der Waals surface area contributed by atoms with Crippen molar-refractivity contribution < 1.29 is 9.47 Å². The first-order chi connectivity index (χ1) is 10.6. The van der Waals surface area contributed by atoms with Crippen LogP contribution in [0.25, 0.3) is 0 Å². The highest BCUT2D eigenvalue weighted by molar-refractivity contribution is 4.84. The summed E-state index contributed by atoms with van der Waals surface area (Å²) in [5, 5.41) is 3.53. The van der Waals surface area contributed by atoms with E-state index in [0.29, 0.717) is 29.8 Å². The molecule has 4 unspecified atom stereocenters. The van der Waals surface area contributed by atoms with Gasteiger partial charge in [0, 0.05) is 12.6 Å². The van der Waals surface area contributed by atoms with Gasteiger partial charge in [-0.3, -0.25) is 0 Å². The summed E-state index contributed by atoms with van der Waals surface area (Å²) in [6.45, 7) is 15.7. The highest BCUT2D eigenvalue weighted by Crippen LogP contribution is 2.36. The number of morpholine rings is 1. The highest BCUT2D eigenvalue weighted by Gasteiger charge is 2.33. The molecule has 0 aromatic heterocycles. The van der Waals surface area contributed by atoms with Gasteiger partial charge in [-0.05, 0) is 56.3 Å². The maximum absolute atomic E-state index is 6.45. The molecule has 0 aromatic carbocycles. The summed E-state index contributed by atoms with van der Waals surface area (Å²) < 4.78 is 12.4. The van der Waals surface area contributed by atoms with Crippen molar-refractivity contribution in [3.63, 3.8) is 0 Å². The molecule has 0 spiro atoms. The summed E-state index contributed by atoms with van der Waals surface area (Å²) in [4.78, 5) is 0. The van der Waals surface area contributed by atoms with Gasteiger partial charge in [0.1, 0.15) is 0 Å². The van der Waals surface area contributed by atoms with Crippen molar-refractivity contribution in [1.82, 2.24) is 5.32 Å². The van der Waals surface area contributed by atoms with Crippen LogP contribution in [0.3, 0.4) is 0 Å². The number of nitrogens with one attached hydrogen (secondary N) is 1. The van der Waals surface area contributed by atoms with Gasteiger partial charge < -0.3 is 14.8 Å². The van der Waals surface area contributed by atoms with E-state index in [1.165, 1.54) is 25.7 Å². The van der Waals surface area contributed by atoms with Crippen molar-refractivity contribution >= 4 is 0 Å². The van der Waals surface area contributed by atoms with Crippen LogP contribution in [0.5, 0.6) is 0 Å². The van der Waals surface area contributed by atoms with E-state index in [4.69, 9.17) is 9.47 Å². The van der Waals surface area contributed by atoms with E-state index in [0.717, 1.165) is 26.0 Å². The Morgan fingerprint density at radius 2 is 1.52 bits per heavy atom. The average molecular weight is 326 g/mol. The van der Waals surface area contributed by atoms with Crippen LogP contribution < -0.4 is 5.32 Å². The van der Waals surface area contributed by atoms with Crippen molar-refractivity contribution in [3.8, 4) is 0 Å². The van der Waals surface area contributed by atoms with Crippen molar-refractivity contribution in [2.75, 3.05) is 13.2 Å². The van der Waals surface area contributed by atoms with Gasteiger partial charge in [0.05, 0.1) is 24.9 Å². The maximum Gasteiger partial charge on any atom is 0.0705 e. The second-order valence-electron chi connectivity index (χ2n) is 9.91. The first-order valence-corrected chi connectivity index (χ1v) is 9.63. The molecule has 2 aliphatic rings. The fraction of sp³-hybridized carbons (Fsp3) is 1.00. The van der Waals surface area contributed by atoms with E-state index in [2.05, 4.69) is 46.9 Å². The van der Waals surface area contributed by atoms with Crippen LogP contribution in [-0.4, -0.2) is 37.5 Å². The molecule has 2 rings (SSSR count). The lowest BCUT2D eigenvalue weighted by Crippen LogP contribution is -2.46. The molecule has 3 heteroatoms. The van der Waals surface area contributed by atoms with E-state index in [9.17, 15) is 0 Å². The third-order valence-corrected chi connectivity index (χ3v) is 5.11. The Balaban J connectivity index is 1.79. The Morgan fingerprint density at radius 3 is 2.09 bits per heavy atom. The van der Waals surface area contributed by atoms with E-state index in [1.54, 1.807) is 0 Å². The molecule has 2 heterocycles. The van der Waals surface area contributed by atoms with E-state index >= 15 is 0 Å². The number of hydrogen-bond donors (Lipinski definition) is 1.